The molecule has 0 aromatic heterocycles. The zero-order valence-electron chi connectivity index (χ0n) is 31.7. The van der Waals surface area contributed by atoms with Crippen LogP contribution < -0.4 is 11.5 Å². The molecule has 0 bridgehead atoms. The summed E-state index contributed by atoms with van der Waals surface area (Å²) < 4.78 is 70.2. The standard InChI is InChI=1S/C35H62N4O15/c1-42-6-7-43-8-9-44-10-11-45-12-13-46-14-15-47-16-17-48-18-19-49-20-21-50-22-23-51-24-25-52-26-27-53-28-29-54-30-33(36)38-39-34(37)31-2-4-32(5-3-31)35(40)41/h2-5H,6-30H2,1H3,(H2,36,38)(H2,37,39)(H,40,41). The van der Waals surface area contributed by atoms with Gasteiger partial charge in [-0.05, 0) is 12.1 Å². The summed E-state index contributed by atoms with van der Waals surface area (Å²) in [4.78, 5) is 10.9. The van der Waals surface area contributed by atoms with Gasteiger partial charge >= 0.3 is 5.97 Å². The first-order chi connectivity index (χ1) is 26.5. The van der Waals surface area contributed by atoms with Crippen LogP contribution in [-0.2, 0) is 61.6 Å². The van der Waals surface area contributed by atoms with Gasteiger partial charge in [-0.15, -0.1) is 10.2 Å². The van der Waals surface area contributed by atoms with Crippen molar-refractivity contribution in [1.29, 1.82) is 0 Å². The molecule has 0 aliphatic heterocycles. The molecular weight excluding hydrogens is 716 g/mol. The molecule has 0 aliphatic rings. The number of carboxylic acids is 1. The molecule has 1 aromatic carbocycles. The van der Waals surface area contributed by atoms with Crippen molar-refractivity contribution in [3.05, 3.63) is 35.4 Å². The first-order valence-electron chi connectivity index (χ1n) is 18.0. The Kier molecular flexibility index (Phi) is 34.9. The third kappa shape index (κ3) is 32.5. The average Bonchev–Trinajstić information content (AvgIpc) is 3.18. The van der Waals surface area contributed by atoms with Gasteiger partial charge in [0.15, 0.2) is 5.84 Å². The van der Waals surface area contributed by atoms with Gasteiger partial charge < -0.3 is 78.2 Å². The van der Waals surface area contributed by atoms with Crippen molar-refractivity contribution in [2.45, 2.75) is 0 Å². The topological polar surface area (TPSA) is 234 Å². The predicted molar refractivity (Wildman–Crippen MR) is 197 cm³/mol. The molecule has 0 atom stereocenters. The normalized spacial score (nSPS) is 12.2. The Labute approximate surface area is 318 Å². The molecule has 1 aromatic rings. The summed E-state index contributed by atoms with van der Waals surface area (Å²) in [5.41, 5.74) is 12.3. The summed E-state index contributed by atoms with van der Waals surface area (Å²) in [7, 11) is 1.64. The number of hydrogen-bond donors (Lipinski definition) is 3. The Bertz CT molecular complexity index is 1050. The van der Waals surface area contributed by atoms with E-state index in [1.165, 1.54) is 24.3 Å². The van der Waals surface area contributed by atoms with Gasteiger partial charge in [0.25, 0.3) is 0 Å². The lowest BCUT2D eigenvalue weighted by Gasteiger charge is -2.09. The molecule has 0 spiro atoms. The molecule has 19 nitrogen and oxygen atoms in total. The van der Waals surface area contributed by atoms with Crippen LogP contribution in [0, 0.1) is 0 Å². The van der Waals surface area contributed by atoms with Crippen molar-refractivity contribution in [1.82, 2.24) is 0 Å². The van der Waals surface area contributed by atoms with E-state index in [0.29, 0.717) is 164 Å². The van der Waals surface area contributed by atoms with Crippen LogP contribution in [0.2, 0.25) is 0 Å². The lowest BCUT2D eigenvalue weighted by Crippen LogP contribution is -2.21. The fourth-order valence-electron chi connectivity index (χ4n) is 3.73. The molecule has 0 saturated heterocycles. The van der Waals surface area contributed by atoms with Crippen LogP contribution in [0.5, 0.6) is 0 Å². The van der Waals surface area contributed by atoms with E-state index in [1.54, 1.807) is 7.11 Å². The number of carboxylic acid groups (broad SMARTS) is 1. The Balaban J connectivity index is 1.72. The number of nitrogens with two attached hydrogens (primary N) is 2. The highest BCUT2D eigenvalue weighted by Crippen LogP contribution is 2.04. The molecule has 54 heavy (non-hydrogen) atoms. The van der Waals surface area contributed by atoms with E-state index in [0.717, 1.165) is 0 Å². The van der Waals surface area contributed by atoms with Crippen molar-refractivity contribution in [2.24, 2.45) is 21.7 Å². The monoisotopic (exact) mass is 778 g/mol. The molecule has 19 heteroatoms. The van der Waals surface area contributed by atoms with Crippen LogP contribution in [0.15, 0.2) is 34.5 Å². The van der Waals surface area contributed by atoms with Crippen LogP contribution in [0.1, 0.15) is 15.9 Å². The number of amidine groups is 2. The summed E-state index contributed by atoms with van der Waals surface area (Å²) in [6.45, 7) is 11.6. The van der Waals surface area contributed by atoms with Crippen molar-refractivity contribution < 1.29 is 71.5 Å². The molecule has 1 rings (SSSR count). The fourth-order valence-corrected chi connectivity index (χ4v) is 3.73. The van der Waals surface area contributed by atoms with Gasteiger partial charge in [-0.25, -0.2) is 4.79 Å². The summed E-state index contributed by atoms with van der Waals surface area (Å²) in [5, 5.41) is 16.6. The summed E-state index contributed by atoms with van der Waals surface area (Å²) in [5.74, 6) is -0.793. The Hall–Kier alpha value is -2.89. The lowest BCUT2D eigenvalue weighted by molar-refractivity contribution is -0.0285. The second-order valence-corrected chi connectivity index (χ2v) is 10.7. The van der Waals surface area contributed by atoms with Gasteiger partial charge in [0.1, 0.15) is 12.4 Å². The highest BCUT2D eigenvalue weighted by atomic mass is 16.6. The second kappa shape index (κ2) is 38.4. The quantitative estimate of drug-likeness (QED) is 0.0349. The molecule has 0 heterocycles. The highest BCUT2D eigenvalue weighted by molar-refractivity contribution is 5.99. The zero-order valence-corrected chi connectivity index (χ0v) is 31.7. The van der Waals surface area contributed by atoms with E-state index >= 15 is 0 Å². The van der Waals surface area contributed by atoms with Crippen LogP contribution in [0.25, 0.3) is 0 Å². The fraction of sp³-hybridized carbons (Fsp3) is 0.743. The number of carbonyl (C=O) groups is 1. The summed E-state index contributed by atoms with van der Waals surface area (Å²) in [6, 6.07) is 5.93. The van der Waals surface area contributed by atoms with E-state index in [9.17, 15) is 4.79 Å². The zero-order chi connectivity index (χ0) is 39.0. The molecule has 0 saturated carbocycles. The van der Waals surface area contributed by atoms with Gasteiger partial charge in [-0.2, -0.15) is 0 Å². The van der Waals surface area contributed by atoms with Crippen LogP contribution in [0.3, 0.4) is 0 Å². The molecule has 0 amide bonds. The van der Waals surface area contributed by atoms with Crippen molar-refractivity contribution in [3.8, 4) is 0 Å². The smallest absolute Gasteiger partial charge is 0.335 e. The maximum Gasteiger partial charge on any atom is 0.335 e. The summed E-state index contributed by atoms with van der Waals surface area (Å²) in [6.07, 6.45) is 0. The minimum atomic E-state index is -1.03. The molecule has 312 valence electrons. The van der Waals surface area contributed by atoms with E-state index in [-0.39, 0.29) is 23.8 Å². The third-order valence-electron chi connectivity index (χ3n) is 6.49. The van der Waals surface area contributed by atoms with Crippen molar-refractivity contribution in [2.75, 3.05) is 172 Å². The van der Waals surface area contributed by atoms with Gasteiger partial charge in [0, 0.05) is 12.7 Å². The van der Waals surface area contributed by atoms with Crippen LogP contribution in [0.4, 0.5) is 0 Å². The average molecular weight is 779 g/mol. The van der Waals surface area contributed by atoms with Gasteiger partial charge in [0.2, 0.25) is 0 Å². The molecule has 0 fully saturated rings. The second-order valence-electron chi connectivity index (χ2n) is 10.7. The van der Waals surface area contributed by atoms with Gasteiger partial charge in [-0.1, -0.05) is 12.1 Å². The first kappa shape index (κ1) is 49.1. The molecule has 0 radical (unpaired) electrons. The molecule has 0 unspecified atom stereocenters. The van der Waals surface area contributed by atoms with Crippen molar-refractivity contribution in [3.63, 3.8) is 0 Å². The lowest BCUT2D eigenvalue weighted by atomic mass is 10.1. The van der Waals surface area contributed by atoms with Crippen LogP contribution >= 0.6 is 0 Å². The predicted octanol–water partition coefficient (Wildman–Crippen LogP) is 0.208. The number of methoxy groups -OCH3 is 1. The molecule has 5 N–H and O–H groups in total. The molecular formula is C35H62N4O15. The number of nitrogens with zero attached hydrogens (tertiary/aromatic N) is 2. The van der Waals surface area contributed by atoms with E-state index in [4.69, 9.17) is 78.2 Å². The Morgan fingerprint density at radius 2 is 0.704 bits per heavy atom. The van der Waals surface area contributed by atoms with E-state index in [1.807, 2.05) is 0 Å². The number of benzene rings is 1. The third-order valence-corrected chi connectivity index (χ3v) is 6.49. The molecule has 0 aliphatic carbocycles. The van der Waals surface area contributed by atoms with Crippen LogP contribution in [-0.4, -0.2) is 195 Å². The van der Waals surface area contributed by atoms with E-state index in [2.05, 4.69) is 10.2 Å². The maximum atomic E-state index is 10.9. The van der Waals surface area contributed by atoms with E-state index < -0.39 is 5.97 Å². The Morgan fingerprint density at radius 3 is 0.981 bits per heavy atom. The number of rotatable bonds is 41. The largest absolute Gasteiger partial charge is 0.478 e. The maximum absolute atomic E-state index is 10.9. The first-order valence-corrected chi connectivity index (χ1v) is 18.0. The highest BCUT2D eigenvalue weighted by Gasteiger charge is 2.04. The summed E-state index contributed by atoms with van der Waals surface area (Å²) >= 11 is 0. The number of aromatic carboxylic acids is 1. The minimum Gasteiger partial charge on any atom is -0.478 e. The van der Waals surface area contributed by atoms with Gasteiger partial charge in [0.05, 0.1) is 164 Å². The van der Waals surface area contributed by atoms with Gasteiger partial charge in [-0.3, -0.25) is 0 Å². The van der Waals surface area contributed by atoms with Crippen molar-refractivity contribution >= 4 is 17.6 Å². The SMILES string of the molecule is COCCOCCOCCOCCOCCOCCOCCOCCOCCOCCOCCOCCOC/C(N)=N/N=C(\N)c1ccc(C(=O)O)cc1. The minimum absolute atomic E-state index is 0.0527. The number of ether oxygens (including phenoxy) is 13. The Morgan fingerprint density at radius 1 is 0.444 bits per heavy atom. The number of hydrogen-bond acceptors (Lipinski definition) is 16.